The van der Waals surface area contributed by atoms with Crippen LogP contribution in [0.4, 0.5) is 0 Å². The van der Waals surface area contributed by atoms with Gasteiger partial charge in [-0.3, -0.25) is 4.79 Å². The van der Waals surface area contributed by atoms with E-state index < -0.39 is 21.2 Å². The number of ether oxygens (including phenoxy) is 1. The molecule has 1 aromatic rings. The molecule has 7 heteroatoms. The first-order valence-corrected chi connectivity index (χ1v) is 8.66. The number of benzene rings is 1. The van der Waals surface area contributed by atoms with Crippen LogP contribution in [0.3, 0.4) is 0 Å². The number of sulfone groups is 1. The average molecular weight is 363 g/mol. The van der Waals surface area contributed by atoms with Crippen molar-refractivity contribution in [2.75, 3.05) is 18.6 Å². The molecule has 0 bridgehead atoms. The molecule has 1 aliphatic rings. The van der Waals surface area contributed by atoms with Gasteiger partial charge in [0.1, 0.15) is 5.75 Å². The SMILES string of the molecule is COc1ccc(CC2(C(=O)O)CCS(=O)(=O)C2)cc1Br. The van der Waals surface area contributed by atoms with Crippen LogP contribution in [0, 0.1) is 5.41 Å². The van der Waals surface area contributed by atoms with Crippen LogP contribution in [0.15, 0.2) is 22.7 Å². The molecule has 20 heavy (non-hydrogen) atoms. The van der Waals surface area contributed by atoms with Crippen molar-refractivity contribution >= 4 is 31.7 Å². The number of carboxylic acid groups (broad SMARTS) is 1. The Kier molecular flexibility index (Phi) is 4.11. The molecule has 1 atom stereocenters. The lowest BCUT2D eigenvalue weighted by Gasteiger charge is -2.22. The molecule has 0 spiro atoms. The summed E-state index contributed by atoms with van der Waals surface area (Å²) < 4.78 is 29.1. The van der Waals surface area contributed by atoms with E-state index in [0.717, 1.165) is 10.0 Å². The quantitative estimate of drug-likeness (QED) is 0.884. The Bertz CT molecular complexity index is 640. The summed E-state index contributed by atoms with van der Waals surface area (Å²) in [7, 11) is -1.72. The van der Waals surface area contributed by atoms with Crippen molar-refractivity contribution < 1.29 is 23.1 Å². The smallest absolute Gasteiger partial charge is 0.311 e. The number of carbonyl (C=O) groups is 1. The standard InChI is InChI=1S/C13H15BrO5S/c1-19-11-3-2-9(6-10(11)14)7-13(12(15)16)4-5-20(17,18)8-13/h2-3,6H,4-5,7-8H2,1H3,(H,15,16). The summed E-state index contributed by atoms with van der Waals surface area (Å²) in [5.74, 6) is -0.752. The average Bonchev–Trinajstić information content (AvgIpc) is 2.66. The number of halogens is 1. The van der Waals surface area contributed by atoms with Gasteiger partial charge in [-0.2, -0.15) is 0 Å². The molecular weight excluding hydrogens is 348 g/mol. The molecule has 110 valence electrons. The van der Waals surface area contributed by atoms with Crippen LogP contribution in [0.25, 0.3) is 0 Å². The van der Waals surface area contributed by atoms with Gasteiger partial charge >= 0.3 is 5.97 Å². The Hall–Kier alpha value is -1.08. The lowest BCUT2D eigenvalue weighted by Crippen LogP contribution is -2.34. The van der Waals surface area contributed by atoms with Gasteiger partial charge in [0, 0.05) is 0 Å². The molecule has 1 N–H and O–H groups in total. The van der Waals surface area contributed by atoms with E-state index in [1.54, 1.807) is 25.3 Å². The Labute approximate surface area is 126 Å². The van der Waals surface area contributed by atoms with Crippen LogP contribution in [0.5, 0.6) is 5.75 Å². The number of rotatable bonds is 4. The molecule has 0 saturated carbocycles. The van der Waals surface area contributed by atoms with Gasteiger partial charge in [0.15, 0.2) is 9.84 Å². The molecular formula is C13H15BrO5S. The van der Waals surface area contributed by atoms with Crippen molar-refractivity contribution in [3.05, 3.63) is 28.2 Å². The van der Waals surface area contributed by atoms with Crippen molar-refractivity contribution in [3.63, 3.8) is 0 Å². The van der Waals surface area contributed by atoms with Gasteiger partial charge < -0.3 is 9.84 Å². The fraction of sp³-hybridized carbons (Fsp3) is 0.462. The van der Waals surface area contributed by atoms with E-state index in [0.29, 0.717) is 5.75 Å². The maximum atomic E-state index is 11.6. The molecule has 5 nitrogen and oxygen atoms in total. The van der Waals surface area contributed by atoms with Crippen LogP contribution in [-0.2, 0) is 21.1 Å². The molecule has 2 rings (SSSR count). The predicted octanol–water partition coefficient (Wildman–Crippen LogP) is 1.89. The molecule has 1 heterocycles. The topological polar surface area (TPSA) is 80.7 Å². The van der Waals surface area contributed by atoms with Crippen LogP contribution in [0.1, 0.15) is 12.0 Å². The zero-order valence-corrected chi connectivity index (χ0v) is 13.3. The highest BCUT2D eigenvalue weighted by Crippen LogP contribution is 2.37. The highest BCUT2D eigenvalue weighted by Gasteiger charge is 2.48. The van der Waals surface area contributed by atoms with Gasteiger partial charge in [-0.1, -0.05) is 6.07 Å². The van der Waals surface area contributed by atoms with Crippen molar-refractivity contribution in [1.29, 1.82) is 0 Å². The van der Waals surface area contributed by atoms with E-state index in [4.69, 9.17) is 4.74 Å². The minimum atomic E-state index is -3.26. The fourth-order valence-corrected chi connectivity index (χ4v) is 5.16. The highest BCUT2D eigenvalue weighted by molar-refractivity contribution is 9.10. The molecule has 1 aliphatic heterocycles. The number of methoxy groups -OCH3 is 1. The summed E-state index contributed by atoms with van der Waals surface area (Å²) in [6, 6.07) is 5.27. The maximum absolute atomic E-state index is 11.6. The Morgan fingerprint density at radius 1 is 1.50 bits per heavy atom. The van der Waals surface area contributed by atoms with Gasteiger partial charge in [0.05, 0.1) is 28.5 Å². The normalized spacial score (nSPS) is 24.5. The summed E-state index contributed by atoms with van der Waals surface area (Å²) in [5, 5.41) is 9.43. The minimum Gasteiger partial charge on any atom is -0.496 e. The number of hydrogen-bond acceptors (Lipinski definition) is 4. The summed E-state index contributed by atoms with van der Waals surface area (Å²) in [5.41, 5.74) is -0.440. The summed E-state index contributed by atoms with van der Waals surface area (Å²) in [6.07, 6.45) is 0.360. The summed E-state index contributed by atoms with van der Waals surface area (Å²) in [6.45, 7) is 0. The first-order valence-electron chi connectivity index (χ1n) is 6.04. The van der Waals surface area contributed by atoms with Crippen molar-refractivity contribution in [1.82, 2.24) is 0 Å². The van der Waals surface area contributed by atoms with Gasteiger partial charge in [0.25, 0.3) is 0 Å². The monoisotopic (exact) mass is 362 g/mol. The van der Waals surface area contributed by atoms with Crippen molar-refractivity contribution in [3.8, 4) is 5.75 Å². The maximum Gasteiger partial charge on any atom is 0.311 e. The second kappa shape index (κ2) is 5.37. The van der Waals surface area contributed by atoms with Gasteiger partial charge in [0.2, 0.25) is 0 Å². The Morgan fingerprint density at radius 3 is 2.65 bits per heavy atom. The fourth-order valence-electron chi connectivity index (χ4n) is 2.51. The molecule has 0 amide bonds. The van der Waals surface area contributed by atoms with E-state index in [2.05, 4.69) is 15.9 Å². The minimum absolute atomic E-state index is 0.0589. The lowest BCUT2D eigenvalue weighted by atomic mass is 9.81. The van der Waals surface area contributed by atoms with E-state index in [1.807, 2.05) is 0 Å². The van der Waals surface area contributed by atoms with Gasteiger partial charge in [-0.05, 0) is 46.5 Å². The number of aliphatic carboxylic acids is 1. The van der Waals surface area contributed by atoms with Crippen LogP contribution >= 0.6 is 15.9 Å². The molecule has 1 unspecified atom stereocenters. The molecule has 0 radical (unpaired) electrons. The summed E-state index contributed by atoms with van der Waals surface area (Å²) in [4.78, 5) is 11.5. The summed E-state index contributed by atoms with van der Waals surface area (Å²) >= 11 is 3.34. The van der Waals surface area contributed by atoms with Crippen molar-refractivity contribution in [2.45, 2.75) is 12.8 Å². The first-order chi connectivity index (χ1) is 9.28. The van der Waals surface area contributed by atoms with Gasteiger partial charge in [-0.15, -0.1) is 0 Å². The Morgan fingerprint density at radius 2 is 2.20 bits per heavy atom. The number of carboxylic acids is 1. The van der Waals surface area contributed by atoms with E-state index in [9.17, 15) is 18.3 Å². The zero-order valence-electron chi connectivity index (χ0n) is 10.9. The van der Waals surface area contributed by atoms with Crippen molar-refractivity contribution in [2.24, 2.45) is 5.41 Å². The largest absolute Gasteiger partial charge is 0.496 e. The number of hydrogen-bond donors (Lipinski definition) is 1. The molecule has 0 aliphatic carbocycles. The molecule has 0 aromatic heterocycles. The Balaban J connectivity index is 2.31. The highest BCUT2D eigenvalue weighted by atomic mass is 79.9. The van der Waals surface area contributed by atoms with E-state index in [-0.39, 0.29) is 24.3 Å². The zero-order chi connectivity index (χ0) is 15.0. The molecule has 1 aromatic carbocycles. The molecule has 1 fully saturated rings. The van der Waals surface area contributed by atoms with Crippen LogP contribution in [-0.4, -0.2) is 38.1 Å². The third kappa shape index (κ3) is 2.98. The van der Waals surface area contributed by atoms with Crippen LogP contribution in [0.2, 0.25) is 0 Å². The third-order valence-corrected chi connectivity index (χ3v) is 6.04. The first kappa shape index (κ1) is 15.3. The lowest BCUT2D eigenvalue weighted by molar-refractivity contribution is -0.147. The third-order valence-electron chi connectivity index (χ3n) is 3.60. The van der Waals surface area contributed by atoms with E-state index >= 15 is 0 Å². The van der Waals surface area contributed by atoms with Crippen LogP contribution < -0.4 is 4.74 Å². The van der Waals surface area contributed by atoms with E-state index in [1.165, 1.54) is 0 Å². The second-order valence-corrected chi connectivity index (χ2v) is 8.11. The second-order valence-electron chi connectivity index (χ2n) is 5.07. The molecule has 1 saturated heterocycles. The van der Waals surface area contributed by atoms with Gasteiger partial charge in [-0.25, -0.2) is 8.42 Å². The predicted molar refractivity (Wildman–Crippen MR) is 77.7 cm³/mol.